The first-order chi connectivity index (χ1) is 15.0. The first-order valence-corrected chi connectivity index (χ1v) is 10.8. The molecule has 1 aliphatic heterocycles. The molecule has 1 saturated heterocycles. The number of piperidine rings is 1. The van der Waals surface area contributed by atoms with Crippen LogP contribution in [0.3, 0.4) is 0 Å². The number of carbonyl (C=O) groups is 1. The van der Waals surface area contributed by atoms with E-state index in [0.29, 0.717) is 47.5 Å². The van der Waals surface area contributed by atoms with Crippen LogP contribution in [0.2, 0.25) is 0 Å². The van der Waals surface area contributed by atoms with E-state index >= 15 is 0 Å². The predicted octanol–water partition coefficient (Wildman–Crippen LogP) is 2.87. The smallest absolute Gasteiger partial charge is 0.287 e. The zero-order chi connectivity index (χ0) is 21.5. The van der Waals surface area contributed by atoms with Crippen molar-refractivity contribution >= 4 is 27.5 Å². The summed E-state index contributed by atoms with van der Waals surface area (Å²) in [5.74, 6) is -0.435. The van der Waals surface area contributed by atoms with Gasteiger partial charge < -0.3 is 4.90 Å². The number of benzene rings is 1. The molecule has 1 aliphatic rings. The number of aromatic nitrogens is 5. The summed E-state index contributed by atoms with van der Waals surface area (Å²) < 4.78 is 16.8. The van der Waals surface area contributed by atoms with Crippen molar-refractivity contribution in [1.82, 2.24) is 29.7 Å². The summed E-state index contributed by atoms with van der Waals surface area (Å²) in [6, 6.07) is 9.44. The lowest BCUT2D eigenvalue weighted by atomic mass is 10.0. The number of hydrogen-bond acceptors (Lipinski definition) is 6. The van der Waals surface area contributed by atoms with Gasteiger partial charge in [0.15, 0.2) is 0 Å². The molecular formula is C21H19FN6O2S. The van der Waals surface area contributed by atoms with Crippen molar-refractivity contribution in [3.8, 4) is 11.3 Å². The van der Waals surface area contributed by atoms with Crippen LogP contribution in [0.4, 0.5) is 4.39 Å². The van der Waals surface area contributed by atoms with E-state index in [-0.39, 0.29) is 23.3 Å². The monoisotopic (exact) mass is 438 g/mol. The lowest BCUT2D eigenvalue weighted by Crippen LogP contribution is -2.42. The largest absolute Gasteiger partial charge is 0.337 e. The predicted molar refractivity (Wildman–Crippen MR) is 114 cm³/mol. The van der Waals surface area contributed by atoms with Crippen LogP contribution in [-0.4, -0.2) is 48.7 Å². The Balaban J connectivity index is 1.31. The molecule has 1 amide bonds. The number of halogens is 1. The number of thiophene rings is 1. The van der Waals surface area contributed by atoms with E-state index in [9.17, 15) is 14.0 Å². The third-order valence-corrected chi connectivity index (χ3v) is 6.52. The van der Waals surface area contributed by atoms with Crippen molar-refractivity contribution in [2.45, 2.75) is 18.9 Å². The number of aryl methyl sites for hydroxylation is 1. The van der Waals surface area contributed by atoms with E-state index in [1.165, 1.54) is 28.2 Å². The molecule has 1 aromatic carbocycles. The lowest BCUT2D eigenvalue weighted by molar-refractivity contribution is 0.0676. The minimum absolute atomic E-state index is 0.0862. The number of rotatable bonds is 3. The molecule has 4 heterocycles. The van der Waals surface area contributed by atoms with Crippen molar-refractivity contribution < 1.29 is 9.18 Å². The van der Waals surface area contributed by atoms with E-state index in [4.69, 9.17) is 0 Å². The van der Waals surface area contributed by atoms with Crippen molar-refractivity contribution in [3.05, 3.63) is 63.6 Å². The van der Waals surface area contributed by atoms with Gasteiger partial charge in [-0.15, -0.1) is 16.4 Å². The summed E-state index contributed by atoms with van der Waals surface area (Å²) in [4.78, 5) is 27.5. The molecule has 3 aromatic heterocycles. The average Bonchev–Trinajstić information content (AvgIpc) is 3.41. The zero-order valence-electron chi connectivity index (χ0n) is 16.7. The number of nitrogens with zero attached hydrogens (tertiary/aromatic N) is 6. The summed E-state index contributed by atoms with van der Waals surface area (Å²) in [6.07, 6.45) is 1.25. The van der Waals surface area contributed by atoms with Crippen molar-refractivity contribution in [1.29, 1.82) is 0 Å². The molecule has 158 valence electrons. The fourth-order valence-electron chi connectivity index (χ4n) is 3.93. The number of carbonyl (C=O) groups excluding carboxylic acids is 1. The number of hydrogen-bond donors (Lipinski definition) is 0. The molecule has 1 fully saturated rings. The van der Waals surface area contributed by atoms with Gasteiger partial charge in [-0.25, -0.2) is 9.07 Å². The molecule has 0 aliphatic carbocycles. The van der Waals surface area contributed by atoms with Crippen molar-refractivity contribution in [2.24, 2.45) is 7.05 Å². The van der Waals surface area contributed by atoms with Gasteiger partial charge in [0, 0.05) is 25.7 Å². The third-order valence-electron chi connectivity index (χ3n) is 5.63. The first-order valence-electron chi connectivity index (χ1n) is 9.93. The van der Waals surface area contributed by atoms with Crippen LogP contribution in [0.15, 0.2) is 46.6 Å². The molecule has 0 saturated carbocycles. The lowest BCUT2D eigenvalue weighted by Gasteiger charge is -2.31. The van der Waals surface area contributed by atoms with Crippen LogP contribution < -0.4 is 5.56 Å². The molecule has 0 N–H and O–H groups in total. The number of amides is 1. The van der Waals surface area contributed by atoms with E-state index in [1.807, 2.05) is 5.38 Å². The van der Waals surface area contributed by atoms with Crippen LogP contribution >= 0.6 is 11.3 Å². The topological polar surface area (TPSA) is 85.9 Å². The molecular weight excluding hydrogens is 419 g/mol. The highest BCUT2D eigenvalue weighted by Crippen LogP contribution is 2.25. The molecule has 8 nitrogen and oxygen atoms in total. The minimum atomic E-state index is -0.319. The van der Waals surface area contributed by atoms with Crippen molar-refractivity contribution in [2.75, 3.05) is 13.1 Å². The fraction of sp³-hybridized carbons (Fsp3) is 0.286. The molecule has 5 rings (SSSR count). The Kier molecular flexibility index (Phi) is 4.85. The number of likely N-dealkylation sites (tertiary alicyclic amines) is 1. The van der Waals surface area contributed by atoms with E-state index < -0.39 is 0 Å². The number of fused-ring (bicyclic) bond motifs is 1. The van der Waals surface area contributed by atoms with Gasteiger partial charge in [0.2, 0.25) is 0 Å². The Morgan fingerprint density at radius 2 is 1.90 bits per heavy atom. The quantitative estimate of drug-likeness (QED) is 0.491. The SMILES string of the molecule is Cn1nc(-c2ccc(F)cc2)cc1C(=O)N1CCC(n2nnc3ccsc3c2=O)CC1. The van der Waals surface area contributed by atoms with Crippen LogP contribution in [-0.2, 0) is 7.05 Å². The van der Waals surface area contributed by atoms with E-state index in [1.54, 1.807) is 40.9 Å². The second-order valence-electron chi connectivity index (χ2n) is 7.54. The van der Waals surface area contributed by atoms with Crippen LogP contribution in [0.1, 0.15) is 29.4 Å². The third kappa shape index (κ3) is 3.52. The molecule has 4 aromatic rings. The van der Waals surface area contributed by atoms with Crippen LogP contribution in [0.5, 0.6) is 0 Å². The van der Waals surface area contributed by atoms with Gasteiger partial charge in [0.25, 0.3) is 11.5 Å². The molecule has 0 radical (unpaired) electrons. The Bertz CT molecular complexity index is 1320. The summed E-state index contributed by atoms with van der Waals surface area (Å²) in [7, 11) is 1.72. The molecule has 0 bridgehead atoms. The van der Waals surface area contributed by atoms with Gasteiger partial charge in [-0.3, -0.25) is 14.3 Å². The van der Waals surface area contributed by atoms with Crippen molar-refractivity contribution in [3.63, 3.8) is 0 Å². The highest BCUT2D eigenvalue weighted by atomic mass is 32.1. The van der Waals surface area contributed by atoms with Gasteiger partial charge in [0.1, 0.15) is 21.7 Å². The van der Waals surface area contributed by atoms with Crippen LogP contribution in [0.25, 0.3) is 21.5 Å². The Hall–Kier alpha value is -3.40. The summed E-state index contributed by atoms with van der Waals surface area (Å²) in [6.45, 7) is 1.02. The fourth-order valence-corrected chi connectivity index (χ4v) is 4.68. The Morgan fingerprint density at radius 1 is 1.16 bits per heavy atom. The highest BCUT2D eigenvalue weighted by Gasteiger charge is 2.28. The Morgan fingerprint density at radius 3 is 2.65 bits per heavy atom. The Labute approximate surface area is 180 Å². The molecule has 0 atom stereocenters. The standard InChI is InChI=1S/C21H19FN6O2S/c1-26-18(12-17(24-26)13-2-4-14(22)5-3-13)20(29)27-9-6-15(7-10-27)28-21(30)19-16(23-25-28)8-11-31-19/h2-5,8,11-12,15H,6-7,9-10H2,1H3. The second-order valence-corrected chi connectivity index (χ2v) is 8.46. The van der Waals surface area contributed by atoms with Gasteiger partial charge in [0.05, 0.1) is 11.7 Å². The zero-order valence-corrected chi connectivity index (χ0v) is 17.5. The molecule has 31 heavy (non-hydrogen) atoms. The summed E-state index contributed by atoms with van der Waals surface area (Å²) in [5.41, 5.74) is 2.32. The maximum Gasteiger partial charge on any atom is 0.287 e. The van der Waals surface area contributed by atoms with Gasteiger partial charge in [-0.2, -0.15) is 5.10 Å². The molecule has 10 heteroatoms. The second kappa shape index (κ2) is 7.69. The first kappa shape index (κ1) is 19.6. The molecule has 0 unspecified atom stereocenters. The minimum Gasteiger partial charge on any atom is -0.337 e. The maximum atomic E-state index is 13.2. The van der Waals surface area contributed by atoms with Gasteiger partial charge in [-0.05, 0) is 54.6 Å². The normalized spacial score (nSPS) is 15.0. The average molecular weight is 438 g/mol. The highest BCUT2D eigenvalue weighted by molar-refractivity contribution is 7.17. The van der Waals surface area contributed by atoms with Gasteiger partial charge >= 0.3 is 0 Å². The van der Waals surface area contributed by atoms with Crippen LogP contribution in [0, 0.1) is 5.82 Å². The van der Waals surface area contributed by atoms with Gasteiger partial charge in [-0.1, -0.05) is 5.21 Å². The summed E-state index contributed by atoms with van der Waals surface area (Å²) in [5, 5.41) is 14.5. The molecule has 0 spiro atoms. The van der Waals surface area contributed by atoms with E-state index in [0.717, 1.165) is 5.56 Å². The van der Waals surface area contributed by atoms with E-state index in [2.05, 4.69) is 15.4 Å². The summed E-state index contributed by atoms with van der Waals surface area (Å²) >= 11 is 1.37. The maximum absolute atomic E-state index is 13.2.